The van der Waals surface area contributed by atoms with E-state index in [0.717, 1.165) is 28.5 Å². The van der Waals surface area contributed by atoms with Crippen LogP contribution in [0.4, 0.5) is 4.79 Å². The summed E-state index contributed by atoms with van der Waals surface area (Å²) in [6.07, 6.45) is -0.625. The van der Waals surface area contributed by atoms with Crippen molar-refractivity contribution < 1.29 is 24.2 Å². The molecule has 2 aromatic rings. The Kier molecular flexibility index (Phi) is 9.22. The van der Waals surface area contributed by atoms with Gasteiger partial charge in [-0.05, 0) is 101 Å². The van der Waals surface area contributed by atoms with Gasteiger partial charge in [0.15, 0.2) is 0 Å². The Morgan fingerprint density at radius 2 is 1.77 bits per heavy atom. The summed E-state index contributed by atoms with van der Waals surface area (Å²) in [5, 5.41) is 11.9. The number of benzene rings is 2. The first-order valence-electron chi connectivity index (χ1n) is 9.02. The number of aliphatic carboxylic acids is 1. The first-order valence-corrected chi connectivity index (χ1v) is 12.0. The van der Waals surface area contributed by atoms with E-state index in [1.54, 1.807) is 20.8 Å². The molecule has 1 unspecified atom stereocenters. The predicted octanol–water partition coefficient (Wildman–Crippen LogP) is 5.76. The van der Waals surface area contributed by atoms with Crippen LogP contribution in [-0.4, -0.2) is 28.8 Å². The molecule has 0 spiro atoms. The van der Waals surface area contributed by atoms with Gasteiger partial charge in [-0.1, -0.05) is 28.1 Å². The quantitative estimate of drug-likeness (QED) is 0.359. The maximum absolute atomic E-state index is 12.0. The van der Waals surface area contributed by atoms with Gasteiger partial charge in [0.05, 0.1) is 7.14 Å². The number of alkyl carbamates (subject to hydrolysis) is 1. The number of ether oxygens (including phenoxy) is 2. The molecule has 30 heavy (non-hydrogen) atoms. The van der Waals surface area contributed by atoms with E-state index in [4.69, 9.17) is 9.47 Å². The van der Waals surface area contributed by atoms with Crippen LogP contribution in [0.5, 0.6) is 5.75 Å². The first kappa shape index (κ1) is 25.2. The Hall–Kier alpha value is -1.08. The van der Waals surface area contributed by atoms with Gasteiger partial charge in [0.25, 0.3) is 0 Å². The monoisotopic (exact) mass is 701 g/mol. The Labute approximate surface area is 211 Å². The number of hydrogen-bond acceptors (Lipinski definition) is 4. The second-order valence-corrected chi connectivity index (χ2v) is 10.8. The molecular formula is C21H22BrI2NO5. The highest BCUT2D eigenvalue weighted by Crippen LogP contribution is 2.30. The number of carboxylic acids is 1. The third-order valence-electron chi connectivity index (χ3n) is 3.76. The number of hydrogen-bond donors (Lipinski definition) is 2. The lowest BCUT2D eigenvalue weighted by Gasteiger charge is -2.22. The van der Waals surface area contributed by atoms with E-state index in [0.29, 0.717) is 6.61 Å². The third-order valence-corrected chi connectivity index (χ3v) is 5.85. The van der Waals surface area contributed by atoms with Gasteiger partial charge >= 0.3 is 12.1 Å². The minimum atomic E-state index is -1.12. The van der Waals surface area contributed by atoms with Crippen LogP contribution in [0.2, 0.25) is 0 Å². The van der Waals surface area contributed by atoms with Crippen LogP contribution in [0.1, 0.15) is 31.9 Å². The van der Waals surface area contributed by atoms with Crippen LogP contribution in [-0.2, 0) is 22.6 Å². The summed E-state index contributed by atoms with van der Waals surface area (Å²) in [5.41, 5.74) is 1.11. The second-order valence-electron chi connectivity index (χ2n) is 7.55. The molecule has 2 N–H and O–H groups in total. The fourth-order valence-corrected chi connectivity index (χ4v) is 5.19. The number of rotatable bonds is 7. The van der Waals surface area contributed by atoms with Crippen molar-refractivity contribution >= 4 is 73.2 Å². The maximum atomic E-state index is 12.0. The summed E-state index contributed by atoms with van der Waals surface area (Å²) in [6.45, 7) is 5.59. The van der Waals surface area contributed by atoms with Crippen molar-refractivity contribution in [2.75, 3.05) is 0 Å². The van der Waals surface area contributed by atoms with Crippen LogP contribution in [0, 0.1) is 7.14 Å². The van der Waals surface area contributed by atoms with Gasteiger partial charge in [-0.15, -0.1) is 0 Å². The number of carboxylic acid groups (broad SMARTS) is 1. The minimum absolute atomic E-state index is 0.131. The largest absolute Gasteiger partial charge is 0.487 e. The normalized spacial score (nSPS) is 12.2. The molecule has 1 amide bonds. The molecule has 0 aromatic heterocycles. The molecule has 0 bridgehead atoms. The molecule has 0 aliphatic heterocycles. The van der Waals surface area contributed by atoms with Gasteiger partial charge in [0.2, 0.25) is 0 Å². The Morgan fingerprint density at radius 3 is 2.30 bits per heavy atom. The lowest BCUT2D eigenvalue weighted by Crippen LogP contribution is -2.44. The molecule has 2 aromatic carbocycles. The zero-order valence-corrected chi connectivity index (χ0v) is 22.6. The minimum Gasteiger partial charge on any atom is -0.487 e. The lowest BCUT2D eigenvalue weighted by atomic mass is 10.1. The number of carbonyl (C=O) groups excluding carboxylic acids is 1. The number of halogens is 3. The van der Waals surface area contributed by atoms with Crippen molar-refractivity contribution in [2.24, 2.45) is 0 Å². The van der Waals surface area contributed by atoms with Crippen molar-refractivity contribution in [3.63, 3.8) is 0 Å². The van der Waals surface area contributed by atoms with Crippen LogP contribution in [0.15, 0.2) is 40.9 Å². The predicted molar refractivity (Wildman–Crippen MR) is 135 cm³/mol. The average molecular weight is 702 g/mol. The molecule has 0 aliphatic rings. The van der Waals surface area contributed by atoms with Crippen molar-refractivity contribution in [2.45, 2.75) is 45.4 Å². The highest BCUT2D eigenvalue weighted by molar-refractivity contribution is 14.1. The fraction of sp³-hybridized carbons (Fsp3) is 0.333. The fourth-order valence-electron chi connectivity index (χ4n) is 2.54. The van der Waals surface area contributed by atoms with E-state index in [9.17, 15) is 14.7 Å². The average Bonchev–Trinajstić information content (AvgIpc) is 2.58. The van der Waals surface area contributed by atoms with Crippen molar-refractivity contribution in [1.29, 1.82) is 0 Å². The van der Waals surface area contributed by atoms with Crippen LogP contribution in [0.25, 0.3) is 0 Å². The van der Waals surface area contributed by atoms with Gasteiger partial charge in [0, 0.05) is 10.9 Å². The molecular weight excluding hydrogens is 680 g/mol. The molecule has 0 aliphatic carbocycles. The van der Waals surface area contributed by atoms with E-state index in [-0.39, 0.29) is 6.42 Å². The SMILES string of the molecule is CC(C)(C)OC(=O)NC(Cc1cc(I)c(OCc2cccc(Br)c2)c(I)c1)C(=O)O. The van der Waals surface area contributed by atoms with E-state index in [1.165, 1.54) is 0 Å². The molecule has 0 saturated carbocycles. The van der Waals surface area contributed by atoms with Gasteiger partial charge in [0.1, 0.15) is 24.0 Å². The Bertz CT molecular complexity index is 907. The molecule has 0 fully saturated rings. The smallest absolute Gasteiger partial charge is 0.408 e. The van der Waals surface area contributed by atoms with Gasteiger partial charge < -0.3 is 19.9 Å². The summed E-state index contributed by atoms with van der Waals surface area (Å²) in [6, 6.07) is 10.5. The summed E-state index contributed by atoms with van der Waals surface area (Å²) in [7, 11) is 0. The molecule has 0 radical (unpaired) electrons. The maximum Gasteiger partial charge on any atom is 0.408 e. The van der Waals surface area contributed by atoms with Crippen molar-refractivity contribution in [3.05, 3.63) is 59.1 Å². The van der Waals surface area contributed by atoms with Crippen molar-refractivity contribution in [1.82, 2.24) is 5.32 Å². The van der Waals surface area contributed by atoms with E-state index < -0.39 is 23.7 Å². The number of carbonyl (C=O) groups is 2. The highest BCUT2D eigenvalue weighted by Gasteiger charge is 2.25. The van der Waals surface area contributed by atoms with Gasteiger partial charge in [-0.25, -0.2) is 9.59 Å². The van der Waals surface area contributed by atoms with E-state index >= 15 is 0 Å². The van der Waals surface area contributed by atoms with Crippen LogP contribution >= 0.6 is 61.1 Å². The highest BCUT2D eigenvalue weighted by atomic mass is 127. The van der Waals surface area contributed by atoms with Gasteiger partial charge in [-0.2, -0.15) is 0 Å². The summed E-state index contributed by atoms with van der Waals surface area (Å²) in [5.74, 6) is -0.382. The summed E-state index contributed by atoms with van der Waals surface area (Å²) >= 11 is 7.79. The topological polar surface area (TPSA) is 84.9 Å². The number of nitrogens with one attached hydrogen (secondary N) is 1. The summed E-state index contributed by atoms with van der Waals surface area (Å²) < 4.78 is 13.9. The first-order chi connectivity index (χ1) is 13.9. The molecule has 0 heterocycles. The Balaban J connectivity index is 2.10. The summed E-state index contributed by atoms with van der Waals surface area (Å²) in [4.78, 5) is 23.6. The standard InChI is InChI=1S/C21H22BrI2NO5/c1-21(2,3)30-20(28)25-17(19(26)27)10-13-8-15(23)18(16(24)9-13)29-11-12-5-4-6-14(22)7-12/h4-9,17H,10-11H2,1-3H3,(H,25,28)(H,26,27). The van der Waals surface area contributed by atoms with Gasteiger partial charge in [-0.3, -0.25) is 0 Å². The zero-order chi connectivity index (χ0) is 22.5. The lowest BCUT2D eigenvalue weighted by molar-refractivity contribution is -0.139. The van der Waals surface area contributed by atoms with E-state index in [2.05, 4.69) is 66.4 Å². The van der Waals surface area contributed by atoms with Crippen LogP contribution < -0.4 is 10.1 Å². The molecule has 2 rings (SSSR count). The van der Waals surface area contributed by atoms with Crippen molar-refractivity contribution in [3.8, 4) is 5.75 Å². The molecule has 9 heteroatoms. The van der Waals surface area contributed by atoms with Crippen LogP contribution in [0.3, 0.4) is 0 Å². The molecule has 1 atom stereocenters. The Morgan fingerprint density at radius 1 is 1.13 bits per heavy atom. The molecule has 6 nitrogen and oxygen atoms in total. The molecule has 162 valence electrons. The third kappa shape index (κ3) is 8.22. The zero-order valence-electron chi connectivity index (χ0n) is 16.7. The number of amides is 1. The molecule has 0 saturated heterocycles. The van der Waals surface area contributed by atoms with E-state index in [1.807, 2.05) is 36.4 Å². The second kappa shape index (κ2) is 11.0.